The van der Waals surface area contributed by atoms with E-state index in [-0.39, 0.29) is 35.1 Å². The number of amides is 2. The number of fused-ring (bicyclic) bond motifs is 1. The summed E-state index contributed by atoms with van der Waals surface area (Å²) in [5.74, 6) is -1.95. The van der Waals surface area contributed by atoms with Crippen LogP contribution in [0.4, 0.5) is 5.69 Å². The van der Waals surface area contributed by atoms with Crippen LogP contribution >= 0.6 is 27.7 Å². The monoisotopic (exact) mass is 604 g/mol. The van der Waals surface area contributed by atoms with Crippen molar-refractivity contribution in [2.75, 3.05) is 31.2 Å². The molecule has 1 aromatic carbocycles. The molecule has 1 N–H and O–H groups in total. The summed E-state index contributed by atoms with van der Waals surface area (Å²) in [4.78, 5) is 45.5. The molecule has 3 aliphatic rings. The summed E-state index contributed by atoms with van der Waals surface area (Å²) in [6, 6.07) is 5.21. The standard InChI is InChI=1S/C29H37BrN2O5S/c1-5-13-31(23-18(3)11-10-12-19(23)4)27(35)25-29-17-20(30)24(38-29)21(28(36)37-16-6-2)22(29)26(34)32(25)14-8-7-9-15-33/h5-6,10-12,20-22,24-25,33H,1-2,7-9,13-17H2,3-4H3/t20?,21-,22+,24-,25?,29?/m1/s1. The molecule has 0 aliphatic carbocycles. The minimum absolute atomic E-state index is 0.0180. The van der Waals surface area contributed by atoms with E-state index in [9.17, 15) is 19.5 Å². The summed E-state index contributed by atoms with van der Waals surface area (Å²) >= 11 is 5.39. The number of alkyl halides is 1. The Bertz CT molecular complexity index is 1090. The van der Waals surface area contributed by atoms with E-state index >= 15 is 0 Å². The Morgan fingerprint density at radius 1 is 1.24 bits per heavy atom. The number of aryl methyl sites for hydroxylation is 2. The van der Waals surface area contributed by atoms with Crippen LogP contribution in [-0.2, 0) is 19.1 Å². The number of anilines is 1. The number of aliphatic hydroxyl groups excluding tert-OH is 1. The Morgan fingerprint density at radius 2 is 1.95 bits per heavy atom. The number of likely N-dealkylation sites (tertiary alicyclic amines) is 1. The highest BCUT2D eigenvalue weighted by Crippen LogP contribution is 2.68. The second-order valence-electron chi connectivity index (χ2n) is 10.4. The molecule has 2 amide bonds. The highest BCUT2D eigenvalue weighted by atomic mass is 79.9. The quantitative estimate of drug-likeness (QED) is 0.167. The molecule has 1 spiro atoms. The van der Waals surface area contributed by atoms with Gasteiger partial charge < -0.3 is 19.6 Å². The lowest BCUT2D eigenvalue weighted by Crippen LogP contribution is -2.56. The molecule has 2 bridgehead atoms. The molecule has 6 atom stereocenters. The minimum atomic E-state index is -0.738. The van der Waals surface area contributed by atoms with Crippen molar-refractivity contribution in [2.24, 2.45) is 11.8 Å². The zero-order valence-electron chi connectivity index (χ0n) is 22.1. The summed E-state index contributed by atoms with van der Waals surface area (Å²) < 4.78 is 4.72. The number of unbranched alkanes of at least 4 members (excludes halogenated alkanes) is 2. The average Bonchev–Trinajstić information content (AvgIpc) is 3.47. The van der Waals surface area contributed by atoms with Crippen LogP contribution < -0.4 is 4.90 Å². The molecule has 0 saturated carbocycles. The summed E-state index contributed by atoms with van der Waals surface area (Å²) in [7, 11) is 0. The second kappa shape index (κ2) is 12.0. The topological polar surface area (TPSA) is 87.2 Å². The van der Waals surface area contributed by atoms with Crippen molar-refractivity contribution in [3.8, 4) is 0 Å². The van der Waals surface area contributed by atoms with Gasteiger partial charge in [-0.25, -0.2) is 0 Å². The molecular weight excluding hydrogens is 568 g/mol. The van der Waals surface area contributed by atoms with Gasteiger partial charge >= 0.3 is 5.97 Å². The Labute approximate surface area is 237 Å². The third-order valence-corrected chi connectivity index (χ3v) is 11.2. The predicted octanol–water partition coefficient (Wildman–Crippen LogP) is 4.18. The van der Waals surface area contributed by atoms with Crippen molar-refractivity contribution < 1.29 is 24.2 Å². The number of benzene rings is 1. The van der Waals surface area contributed by atoms with Crippen LogP contribution in [0.5, 0.6) is 0 Å². The Morgan fingerprint density at radius 3 is 2.58 bits per heavy atom. The number of rotatable bonds is 12. The number of hydrogen-bond donors (Lipinski definition) is 1. The van der Waals surface area contributed by atoms with Gasteiger partial charge in [0.1, 0.15) is 12.6 Å². The highest BCUT2D eigenvalue weighted by Gasteiger charge is 2.76. The van der Waals surface area contributed by atoms with Crippen molar-refractivity contribution in [1.29, 1.82) is 0 Å². The third kappa shape index (κ3) is 4.86. The fourth-order valence-corrected chi connectivity index (χ4v) is 10.1. The minimum Gasteiger partial charge on any atom is -0.461 e. The van der Waals surface area contributed by atoms with Crippen molar-refractivity contribution in [3.63, 3.8) is 0 Å². The average molecular weight is 606 g/mol. The van der Waals surface area contributed by atoms with Crippen LogP contribution in [0.3, 0.4) is 0 Å². The number of hydrogen-bond acceptors (Lipinski definition) is 6. The molecule has 3 heterocycles. The van der Waals surface area contributed by atoms with Gasteiger partial charge in [0.2, 0.25) is 5.91 Å². The van der Waals surface area contributed by atoms with Gasteiger partial charge in [-0.3, -0.25) is 14.4 Å². The first-order valence-corrected chi connectivity index (χ1v) is 15.0. The van der Waals surface area contributed by atoms with Gasteiger partial charge in [0, 0.05) is 35.5 Å². The molecule has 0 aromatic heterocycles. The number of nitrogens with zero attached hydrogens (tertiary/aromatic N) is 2. The Balaban J connectivity index is 1.78. The van der Waals surface area contributed by atoms with Crippen molar-refractivity contribution >= 4 is 51.2 Å². The molecule has 4 rings (SSSR count). The number of para-hydroxylation sites is 1. The van der Waals surface area contributed by atoms with Gasteiger partial charge in [-0.1, -0.05) is 52.9 Å². The van der Waals surface area contributed by atoms with Gasteiger partial charge in [-0.05, 0) is 50.7 Å². The molecule has 3 unspecified atom stereocenters. The van der Waals surface area contributed by atoms with E-state index in [1.54, 1.807) is 27.6 Å². The fraction of sp³-hybridized carbons (Fsp3) is 0.552. The van der Waals surface area contributed by atoms with Crippen LogP contribution in [0, 0.1) is 25.7 Å². The van der Waals surface area contributed by atoms with E-state index in [0.717, 1.165) is 23.2 Å². The van der Waals surface area contributed by atoms with E-state index in [1.807, 2.05) is 32.0 Å². The number of halogens is 1. The highest BCUT2D eigenvalue weighted by molar-refractivity contribution is 9.09. The van der Waals surface area contributed by atoms with Gasteiger partial charge in [0.15, 0.2) is 0 Å². The zero-order chi connectivity index (χ0) is 27.6. The van der Waals surface area contributed by atoms with Crippen molar-refractivity contribution in [2.45, 2.75) is 60.4 Å². The largest absolute Gasteiger partial charge is 0.461 e. The zero-order valence-corrected chi connectivity index (χ0v) is 24.5. The summed E-state index contributed by atoms with van der Waals surface area (Å²) in [5.41, 5.74) is 2.78. The van der Waals surface area contributed by atoms with Crippen LogP contribution in [0.25, 0.3) is 0 Å². The Hall–Kier alpha value is -2.10. The van der Waals surface area contributed by atoms with Crippen molar-refractivity contribution in [3.05, 3.63) is 54.6 Å². The lowest BCUT2D eigenvalue weighted by atomic mass is 9.71. The van der Waals surface area contributed by atoms with Crippen LogP contribution in [0.2, 0.25) is 0 Å². The van der Waals surface area contributed by atoms with Gasteiger partial charge in [-0.2, -0.15) is 0 Å². The van der Waals surface area contributed by atoms with Crippen molar-refractivity contribution in [1.82, 2.24) is 4.90 Å². The molecule has 38 heavy (non-hydrogen) atoms. The number of carbonyl (C=O) groups is 3. The van der Waals surface area contributed by atoms with Crippen LogP contribution in [-0.4, -0.2) is 75.0 Å². The first kappa shape index (κ1) is 28.9. The summed E-state index contributed by atoms with van der Waals surface area (Å²) in [6.07, 6.45) is 5.89. The SMILES string of the molecule is C=CCOC(=O)[C@H]1[C@@H]2SC3(CC2Br)C(C(=O)N(CC=C)c2c(C)cccc2C)N(CCCCCO)C(=O)[C@H]13. The number of ether oxygens (including phenoxy) is 1. The molecular formula is C29H37BrN2O5S. The number of aliphatic hydroxyl groups is 1. The fourth-order valence-electron chi connectivity index (χ4n) is 6.53. The number of carbonyl (C=O) groups excluding carboxylic acids is 3. The van der Waals surface area contributed by atoms with Gasteiger partial charge in [0.25, 0.3) is 5.91 Å². The normalized spacial score (nSPS) is 29.3. The van der Waals surface area contributed by atoms with E-state index in [1.165, 1.54) is 6.08 Å². The maximum Gasteiger partial charge on any atom is 0.311 e. The molecule has 206 valence electrons. The maximum absolute atomic E-state index is 14.7. The molecule has 9 heteroatoms. The lowest BCUT2D eigenvalue weighted by Gasteiger charge is -2.38. The molecule has 7 nitrogen and oxygen atoms in total. The molecule has 3 saturated heterocycles. The molecule has 0 radical (unpaired) electrons. The molecule has 3 fully saturated rings. The lowest BCUT2D eigenvalue weighted by molar-refractivity contribution is -0.153. The first-order valence-electron chi connectivity index (χ1n) is 13.2. The Kier molecular flexibility index (Phi) is 9.10. The van der Waals surface area contributed by atoms with Crippen LogP contribution in [0.15, 0.2) is 43.5 Å². The molecule has 3 aliphatic heterocycles. The third-order valence-electron chi connectivity index (χ3n) is 7.98. The maximum atomic E-state index is 14.7. The summed E-state index contributed by atoms with van der Waals surface area (Å²) in [5, 5.41) is 9.10. The first-order chi connectivity index (χ1) is 18.2. The van der Waals surface area contributed by atoms with E-state index in [0.29, 0.717) is 32.4 Å². The van der Waals surface area contributed by atoms with E-state index in [4.69, 9.17) is 4.74 Å². The van der Waals surface area contributed by atoms with Gasteiger partial charge in [0.05, 0.1) is 16.6 Å². The number of thioether (sulfide) groups is 1. The van der Waals surface area contributed by atoms with E-state index in [2.05, 4.69) is 29.1 Å². The van der Waals surface area contributed by atoms with Gasteiger partial charge in [-0.15, -0.1) is 18.3 Å². The van der Waals surface area contributed by atoms with Crippen LogP contribution in [0.1, 0.15) is 36.8 Å². The summed E-state index contributed by atoms with van der Waals surface area (Å²) in [6.45, 7) is 12.4. The predicted molar refractivity (Wildman–Crippen MR) is 154 cm³/mol. The number of esters is 1. The van der Waals surface area contributed by atoms with E-state index < -0.39 is 28.6 Å². The smallest absolute Gasteiger partial charge is 0.311 e. The molecule has 1 aromatic rings. The second-order valence-corrected chi connectivity index (χ2v) is 13.1.